The van der Waals surface area contributed by atoms with Crippen molar-refractivity contribution in [1.82, 2.24) is 15.0 Å². The molecular weight excluding hydrogens is 346 g/mol. The van der Waals surface area contributed by atoms with Gasteiger partial charge in [0.2, 0.25) is 0 Å². The number of amides is 1. The zero-order valence-electron chi connectivity index (χ0n) is 13.9. The topological polar surface area (TPSA) is 103 Å². The number of aromatic nitrogens is 3. The van der Waals surface area contributed by atoms with Crippen molar-refractivity contribution in [3.63, 3.8) is 0 Å². The van der Waals surface area contributed by atoms with Gasteiger partial charge < -0.3 is 5.32 Å². The van der Waals surface area contributed by atoms with E-state index in [0.29, 0.717) is 16.7 Å². The predicted molar refractivity (Wildman–Crippen MR) is 99.9 cm³/mol. The molecular formula is C19H13N5O3. The lowest BCUT2D eigenvalue weighted by Crippen LogP contribution is -2.12. The number of anilines is 1. The van der Waals surface area contributed by atoms with Gasteiger partial charge in [0.25, 0.3) is 11.6 Å². The first-order valence-corrected chi connectivity index (χ1v) is 8.08. The molecule has 4 aromatic rings. The van der Waals surface area contributed by atoms with E-state index < -0.39 is 10.8 Å². The predicted octanol–water partition coefficient (Wildman–Crippen LogP) is 3.58. The van der Waals surface area contributed by atoms with Gasteiger partial charge in [-0.2, -0.15) is 4.80 Å². The van der Waals surface area contributed by atoms with E-state index in [2.05, 4.69) is 15.5 Å². The summed E-state index contributed by atoms with van der Waals surface area (Å²) in [6.45, 7) is 0. The van der Waals surface area contributed by atoms with Crippen molar-refractivity contribution in [2.75, 3.05) is 5.32 Å². The number of carbonyl (C=O) groups is 1. The minimum Gasteiger partial charge on any atom is -0.322 e. The molecule has 8 heteroatoms. The summed E-state index contributed by atoms with van der Waals surface area (Å²) >= 11 is 0. The Morgan fingerprint density at radius 1 is 0.926 bits per heavy atom. The number of hydrogen-bond acceptors (Lipinski definition) is 5. The highest BCUT2D eigenvalue weighted by Crippen LogP contribution is 2.19. The minimum atomic E-state index is -0.537. The summed E-state index contributed by atoms with van der Waals surface area (Å²) in [4.78, 5) is 24.2. The van der Waals surface area contributed by atoms with Gasteiger partial charge in [-0.15, -0.1) is 10.2 Å². The summed E-state index contributed by atoms with van der Waals surface area (Å²) in [6, 6.07) is 20.2. The third-order valence-electron chi connectivity index (χ3n) is 3.94. The molecule has 0 spiro atoms. The molecule has 8 nitrogen and oxygen atoms in total. The molecule has 0 saturated carbocycles. The molecule has 0 saturated heterocycles. The number of hydrogen-bond donors (Lipinski definition) is 1. The van der Waals surface area contributed by atoms with E-state index in [1.54, 1.807) is 18.2 Å². The Hall–Kier alpha value is -4.07. The third kappa shape index (κ3) is 3.36. The van der Waals surface area contributed by atoms with E-state index >= 15 is 0 Å². The number of non-ortho nitro benzene ring substituents is 1. The summed E-state index contributed by atoms with van der Waals surface area (Å²) < 4.78 is 0. The number of nitro benzene ring substituents is 1. The Kier molecular flexibility index (Phi) is 4.06. The van der Waals surface area contributed by atoms with E-state index in [9.17, 15) is 14.9 Å². The lowest BCUT2D eigenvalue weighted by atomic mass is 10.2. The average Bonchev–Trinajstić information content (AvgIpc) is 3.12. The maximum Gasteiger partial charge on any atom is 0.270 e. The van der Waals surface area contributed by atoms with Crippen LogP contribution in [0, 0.1) is 10.1 Å². The Morgan fingerprint density at radius 2 is 1.70 bits per heavy atom. The van der Waals surface area contributed by atoms with Gasteiger partial charge in [0, 0.05) is 23.4 Å². The van der Waals surface area contributed by atoms with E-state index in [1.807, 2.05) is 30.3 Å². The van der Waals surface area contributed by atoms with Crippen molar-refractivity contribution >= 4 is 28.3 Å². The summed E-state index contributed by atoms with van der Waals surface area (Å²) in [5.74, 6) is -0.437. The quantitative estimate of drug-likeness (QED) is 0.443. The largest absolute Gasteiger partial charge is 0.322 e. The summed E-state index contributed by atoms with van der Waals surface area (Å²) in [7, 11) is 0. The van der Waals surface area contributed by atoms with E-state index in [-0.39, 0.29) is 11.3 Å². The molecule has 1 amide bonds. The van der Waals surface area contributed by atoms with Gasteiger partial charge in [0.15, 0.2) is 0 Å². The molecule has 1 N–H and O–H groups in total. The SMILES string of the molecule is O=C(Nc1ccc2nn(-c3ccccc3)nc2c1)c1cccc([N+](=O)[O-])c1. The number of carbonyl (C=O) groups excluding carboxylic acids is 1. The second-order valence-electron chi connectivity index (χ2n) is 5.79. The van der Waals surface area contributed by atoms with E-state index in [0.717, 1.165) is 5.69 Å². The normalized spacial score (nSPS) is 10.7. The van der Waals surface area contributed by atoms with Gasteiger partial charge in [0.1, 0.15) is 11.0 Å². The van der Waals surface area contributed by atoms with Gasteiger partial charge >= 0.3 is 0 Å². The molecule has 0 aliphatic carbocycles. The highest BCUT2D eigenvalue weighted by molar-refractivity contribution is 6.05. The number of nitrogens with zero attached hydrogens (tertiary/aromatic N) is 4. The Bertz CT molecular complexity index is 1150. The fourth-order valence-corrected chi connectivity index (χ4v) is 2.63. The molecule has 27 heavy (non-hydrogen) atoms. The van der Waals surface area contributed by atoms with Gasteiger partial charge in [-0.05, 0) is 36.4 Å². The van der Waals surface area contributed by atoms with Crippen LogP contribution in [0.25, 0.3) is 16.7 Å². The van der Waals surface area contributed by atoms with E-state index in [1.165, 1.54) is 29.1 Å². The lowest BCUT2D eigenvalue weighted by molar-refractivity contribution is -0.384. The van der Waals surface area contributed by atoms with Gasteiger partial charge in [-0.3, -0.25) is 14.9 Å². The minimum absolute atomic E-state index is 0.135. The number of rotatable bonds is 4. The highest BCUT2D eigenvalue weighted by atomic mass is 16.6. The van der Waals surface area contributed by atoms with Crippen molar-refractivity contribution in [2.24, 2.45) is 0 Å². The molecule has 0 aliphatic rings. The molecule has 0 bridgehead atoms. The fraction of sp³-hybridized carbons (Fsp3) is 0. The number of nitro groups is 1. The monoisotopic (exact) mass is 359 g/mol. The van der Waals surface area contributed by atoms with Crippen LogP contribution >= 0.6 is 0 Å². The number of fused-ring (bicyclic) bond motifs is 1. The molecule has 3 aromatic carbocycles. The van der Waals surface area contributed by atoms with Crippen molar-refractivity contribution in [1.29, 1.82) is 0 Å². The van der Waals surface area contributed by atoms with Crippen LogP contribution in [0.5, 0.6) is 0 Å². The van der Waals surface area contributed by atoms with Crippen molar-refractivity contribution in [3.8, 4) is 5.69 Å². The maximum atomic E-state index is 12.4. The van der Waals surface area contributed by atoms with Crippen LogP contribution in [-0.2, 0) is 0 Å². The van der Waals surface area contributed by atoms with Gasteiger partial charge in [-0.1, -0.05) is 24.3 Å². The van der Waals surface area contributed by atoms with Crippen molar-refractivity contribution < 1.29 is 9.72 Å². The Balaban J connectivity index is 1.60. The van der Waals surface area contributed by atoms with Crippen LogP contribution in [0.15, 0.2) is 72.8 Å². The summed E-state index contributed by atoms with van der Waals surface area (Å²) in [5.41, 5.74) is 2.74. The zero-order chi connectivity index (χ0) is 18.8. The standard InChI is InChI=1S/C19H13N5O3/c25-19(13-5-4-8-16(11-13)24(26)27)20-14-9-10-17-18(12-14)22-23(21-17)15-6-2-1-3-7-15/h1-12H,(H,20,25). The second kappa shape index (κ2) is 6.68. The van der Waals surface area contributed by atoms with Crippen molar-refractivity contribution in [2.45, 2.75) is 0 Å². The maximum absolute atomic E-state index is 12.4. The first-order chi connectivity index (χ1) is 13.1. The highest BCUT2D eigenvalue weighted by Gasteiger charge is 2.12. The molecule has 1 aromatic heterocycles. The molecule has 0 fully saturated rings. The van der Waals surface area contributed by atoms with E-state index in [4.69, 9.17) is 0 Å². The molecule has 132 valence electrons. The second-order valence-corrected chi connectivity index (χ2v) is 5.79. The number of para-hydroxylation sites is 1. The molecule has 0 aliphatic heterocycles. The molecule has 0 unspecified atom stereocenters. The third-order valence-corrected chi connectivity index (χ3v) is 3.94. The fourth-order valence-electron chi connectivity index (χ4n) is 2.63. The van der Waals surface area contributed by atoms with Gasteiger partial charge in [-0.25, -0.2) is 0 Å². The molecule has 0 atom stereocenters. The van der Waals surface area contributed by atoms with Crippen LogP contribution in [0.4, 0.5) is 11.4 Å². The van der Waals surface area contributed by atoms with Crippen molar-refractivity contribution in [3.05, 3.63) is 88.5 Å². The Labute approximate surface area is 153 Å². The van der Waals surface area contributed by atoms with Crippen LogP contribution < -0.4 is 5.32 Å². The zero-order valence-corrected chi connectivity index (χ0v) is 13.9. The number of nitrogens with one attached hydrogen (secondary N) is 1. The first-order valence-electron chi connectivity index (χ1n) is 8.08. The van der Waals surface area contributed by atoms with Crippen LogP contribution in [0.1, 0.15) is 10.4 Å². The van der Waals surface area contributed by atoms with Crippen LogP contribution in [-0.4, -0.2) is 25.8 Å². The molecule has 4 rings (SSSR count). The molecule has 1 heterocycles. The smallest absolute Gasteiger partial charge is 0.270 e. The van der Waals surface area contributed by atoms with Crippen LogP contribution in [0.2, 0.25) is 0 Å². The number of benzene rings is 3. The lowest BCUT2D eigenvalue weighted by Gasteiger charge is -2.04. The average molecular weight is 359 g/mol. The summed E-state index contributed by atoms with van der Waals surface area (Å²) in [5, 5.41) is 22.4. The first kappa shape index (κ1) is 16.4. The van der Waals surface area contributed by atoms with Crippen LogP contribution in [0.3, 0.4) is 0 Å². The van der Waals surface area contributed by atoms with Gasteiger partial charge in [0.05, 0.1) is 10.6 Å². The summed E-state index contributed by atoms with van der Waals surface area (Å²) in [6.07, 6.45) is 0. The Morgan fingerprint density at radius 3 is 2.48 bits per heavy atom. The molecule has 0 radical (unpaired) electrons.